The second-order valence-corrected chi connectivity index (χ2v) is 9.46. The summed E-state index contributed by atoms with van der Waals surface area (Å²) in [6.45, 7) is 17.9. The predicted octanol–water partition coefficient (Wildman–Crippen LogP) is 3.54. The van der Waals surface area contributed by atoms with Crippen LogP contribution in [-0.2, 0) is 11.3 Å². The van der Waals surface area contributed by atoms with Gasteiger partial charge < -0.3 is 14.5 Å². The zero-order chi connectivity index (χ0) is 21.3. The van der Waals surface area contributed by atoms with E-state index in [2.05, 4.69) is 71.7 Å². The first-order valence-corrected chi connectivity index (χ1v) is 12.2. The molecule has 0 N–H and O–H groups in total. The Hall–Kier alpha value is -1.14. The number of piperazine rings is 1. The highest BCUT2D eigenvalue weighted by Crippen LogP contribution is 2.19. The van der Waals surface area contributed by atoms with E-state index in [9.17, 15) is 0 Å². The number of anilines is 1. The molecule has 5 nitrogen and oxygen atoms in total. The van der Waals surface area contributed by atoms with Crippen LogP contribution in [0.1, 0.15) is 45.6 Å². The van der Waals surface area contributed by atoms with Gasteiger partial charge in [0.2, 0.25) is 0 Å². The lowest BCUT2D eigenvalue weighted by molar-refractivity contribution is -0.0353. The number of benzene rings is 1. The lowest BCUT2D eigenvalue weighted by atomic mass is 10.1. The van der Waals surface area contributed by atoms with E-state index in [1.165, 1.54) is 43.7 Å². The van der Waals surface area contributed by atoms with Crippen molar-refractivity contribution in [1.29, 1.82) is 0 Å². The Morgan fingerprint density at radius 2 is 1.80 bits per heavy atom. The van der Waals surface area contributed by atoms with Crippen LogP contribution in [0.4, 0.5) is 5.69 Å². The van der Waals surface area contributed by atoms with Gasteiger partial charge in [-0.05, 0) is 58.0 Å². The first kappa shape index (κ1) is 23.5. The lowest BCUT2D eigenvalue weighted by Gasteiger charge is -2.38. The number of ether oxygens (including phenoxy) is 1. The van der Waals surface area contributed by atoms with Crippen LogP contribution < -0.4 is 4.90 Å². The van der Waals surface area contributed by atoms with E-state index < -0.39 is 0 Å². The van der Waals surface area contributed by atoms with Gasteiger partial charge >= 0.3 is 0 Å². The highest BCUT2D eigenvalue weighted by atomic mass is 16.5. The fraction of sp³-hybridized carbons (Fsp3) is 0.760. The average Bonchev–Trinajstić information content (AvgIpc) is 2.77. The second-order valence-electron chi connectivity index (χ2n) is 9.46. The summed E-state index contributed by atoms with van der Waals surface area (Å²) in [4.78, 5) is 10.1. The molecule has 1 aromatic carbocycles. The van der Waals surface area contributed by atoms with Crippen LogP contribution in [0, 0.1) is 0 Å². The minimum absolute atomic E-state index is 0.393. The standard InChI is InChI=1S/C25H44N4O/c1-5-6-12-27-18-19-30-25(21-27)11-13-26(4)20-23-7-9-24(10-8-23)29-16-14-28(15-17-29)22(2)3/h7-10,22,25H,5-6,11-21H2,1-4H3/t25-/m1/s1. The molecule has 0 amide bonds. The molecule has 2 aliphatic heterocycles. The molecule has 170 valence electrons. The predicted molar refractivity (Wildman–Crippen MR) is 127 cm³/mol. The first-order chi connectivity index (χ1) is 14.5. The van der Waals surface area contributed by atoms with Gasteiger partial charge in [0, 0.05) is 64.1 Å². The molecule has 2 heterocycles. The van der Waals surface area contributed by atoms with E-state index in [0.29, 0.717) is 12.1 Å². The maximum atomic E-state index is 6.02. The van der Waals surface area contributed by atoms with Gasteiger partial charge in [0.15, 0.2) is 0 Å². The van der Waals surface area contributed by atoms with E-state index in [1.807, 2.05) is 0 Å². The number of hydrogen-bond acceptors (Lipinski definition) is 5. The molecule has 0 aliphatic carbocycles. The molecule has 30 heavy (non-hydrogen) atoms. The molecule has 5 heteroatoms. The zero-order valence-electron chi connectivity index (χ0n) is 19.9. The van der Waals surface area contributed by atoms with E-state index in [-0.39, 0.29) is 0 Å². The van der Waals surface area contributed by atoms with Gasteiger partial charge in [0.25, 0.3) is 0 Å². The van der Waals surface area contributed by atoms with Gasteiger partial charge in [-0.3, -0.25) is 9.80 Å². The Balaban J connectivity index is 1.39. The highest BCUT2D eigenvalue weighted by molar-refractivity contribution is 5.48. The molecule has 0 spiro atoms. The molecule has 0 radical (unpaired) electrons. The van der Waals surface area contributed by atoms with Gasteiger partial charge in [-0.15, -0.1) is 0 Å². The van der Waals surface area contributed by atoms with Gasteiger partial charge in [-0.2, -0.15) is 0 Å². The molecule has 2 saturated heterocycles. The Bertz CT molecular complexity index is 598. The number of morpholine rings is 1. The van der Waals surface area contributed by atoms with Gasteiger partial charge in [0.05, 0.1) is 12.7 Å². The van der Waals surface area contributed by atoms with Crippen molar-refractivity contribution >= 4 is 5.69 Å². The second kappa shape index (κ2) is 12.0. The topological polar surface area (TPSA) is 22.2 Å². The molecule has 1 aromatic rings. The third-order valence-electron chi connectivity index (χ3n) is 6.68. The number of rotatable bonds is 10. The summed E-state index contributed by atoms with van der Waals surface area (Å²) in [6.07, 6.45) is 4.09. The quantitative estimate of drug-likeness (QED) is 0.580. The summed E-state index contributed by atoms with van der Waals surface area (Å²) in [6, 6.07) is 9.89. The minimum atomic E-state index is 0.393. The zero-order valence-corrected chi connectivity index (χ0v) is 19.9. The van der Waals surface area contributed by atoms with E-state index >= 15 is 0 Å². The smallest absolute Gasteiger partial charge is 0.0714 e. The van der Waals surface area contributed by atoms with Crippen molar-refractivity contribution in [2.24, 2.45) is 0 Å². The van der Waals surface area contributed by atoms with Crippen molar-refractivity contribution in [1.82, 2.24) is 14.7 Å². The number of hydrogen-bond donors (Lipinski definition) is 0. The van der Waals surface area contributed by atoms with Crippen LogP contribution in [0.5, 0.6) is 0 Å². The van der Waals surface area contributed by atoms with Crippen LogP contribution in [0.25, 0.3) is 0 Å². The molecule has 0 saturated carbocycles. The number of nitrogens with zero attached hydrogens (tertiary/aromatic N) is 4. The Kier molecular flexibility index (Phi) is 9.44. The maximum absolute atomic E-state index is 6.02. The van der Waals surface area contributed by atoms with Crippen LogP contribution in [0.3, 0.4) is 0 Å². The fourth-order valence-electron chi connectivity index (χ4n) is 4.60. The molecule has 2 fully saturated rings. The van der Waals surface area contributed by atoms with Crippen molar-refractivity contribution in [2.75, 3.05) is 70.9 Å². The van der Waals surface area contributed by atoms with Crippen LogP contribution in [0.2, 0.25) is 0 Å². The Labute approximate surface area is 185 Å². The maximum Gasteiger partial charge on any atom is 0.0714 e. The molecule has 1 atom stereocenters. The van der Waals surface area contributed by atoms with Crippen molar-refractivity contribution in [3.05, 3.63) is 29.8 Å². The van der Waals surface area contributed by atoms with Crippen molar-refractivity contribution in [2.45, 2.75) is 58.7 Å². The summed E-state index contributed by atoms with van der Waals surface area (Å²) >= 11 is 0. The van der Waals surface area contributed by atoms with Gasteiger partial charge in [-0.1, -0.05) is 25.5 Å². The first-order valence-electron chi connectivity index (χ1n) is 12.2. The Morgan fingerprint density at radius 3 is 2.47 bits per heavy atom. The van der Waals surface area contributed by atoms with E-state index in [4.69, 9.17) is 4.74 Å². The normalized spacial score (nSPS) is 21.7. The molecule has 0 unspecified atom stereocenters. The van der Waals surface area contributed by atoms with Crippen LogP contribution >= 0.6 is 0 Å². The molecular formula is C25H44N4O. The van der Waals surface area contributed by atoms with Crippen molar-refractivity contribution in [3.8, 4) is 0 Å². The molecule has 2 aliphatic rings. The van der Waals surface area contributed by atoms with Crippen LogP contribution in [-0.4, -0.2) is 92.9 Å². The minimum Gasteiger partial charge on any atom is -0.376 e. The summed E-state index contributed by atoms with van der Waals surface area (Å²) in [5, 5.41) is 0. The lowest BCUT2D eigenvalue weighted by Crippen LogP contribution is -2.48. The van der Waals surface area contributed by atoms with Crippen LogP contribution in [0.15, 0.2) is 24.3 Å². The van der Waals surface area contributed by atoms with Gasteiger partial charge in [-0.25, -0.2) is 0 Å². The van der Waals surface area contributed by atoms with Crippen molar-refractivity contribution in [3.63, 3.8) is 0 Å². The largest absolute Gasteiger partial charge is 0.376 e. The number of unbranched alkanes of at least 4 members (excludes halogenated alkanes) is 1. The molecular weight excluding hydrogens is 372 g/mol. The summed E-state index contributed by atoms with van der Waals surface area (Å²) in [5.41, 5.74) is 2.77. The van der Waals surface area contributed by atoms with Gasteiger partial charge in [0.1, 0.15) is 0 Å². The third kappa shape index (κ3) is 7.23. The fourth-order valence-corrected chi connectivity index (χ4v) is 4.60. The summed E-state index contributed by atoms with van der Waals surface area (Å²) in [5.74, 6) is 0. The summed E-state index contributed by atoms with van der Waals surface area (Å²) < 4.78 is 6.02. The van der Waals surface area contributed by atoms with Crippen molar-refractivity contribution < 1.29 is 4.74 Å². The SMILES string of the molecule is CCCCN1CCO[C@H](CCN(C)Cc2ccc(N3CCN(C(C)C)CC3)cc2)C1. The third-order valence-corrected chi connectivity index (χ3v) is 6.68. The highest BCUT2D eigenvalue weighted by Gasteiger charge is 2.21. The summed E-state index contributed by atoms with van der Waals surface area (Å²) in [7, 11) is 2.23. The monoisotopic (exact) mass is 416 g/mol. The Morgan fingerprint density at radius 1 is 1.07 bits per heavy atom. The molecule has 0 aromatic heterocycles. The molecule has 0 bridgehead atoms. The van der Waals surface area contributed by atoms with E-state index in [1.54, 1.807) is 0 Å². The average molecular weight is 417 g/mol. The molecule has 3 rings (SSSR count). The van der Waals surface area contributed by atoms with E-state index in [0.717, 1.165) is 52.3 Å².